The summed E-state index contributed by atoms with van der Waals surface area (Å²) in [6.45, 7) is 5.61. The van der Waals surface area contributed by atoms with Gasteiger partial charge in [-0.15, -0.1) is 0 Å². The summed E-state index contributed by atoms with van der Waals surface area (Å²) >= 11 is 0. The first kappa shape index (κ1) is 11.0. The lowest BCUT2D eigenvalue weighted by molar-refractivity contribution is -0.159. The Labute approximate surface area is 79.7 Å². The zero-order valence-electron chi connectivity index (χ0n) is 8.71. The van der Waals surface area contributed by atoms with Crippen molar-refractivity contribution in [2.75, 3.05) is 6.61 Å². The fourth-order valence-corrected chi connectivity index (χ4v) is 1.84. The van der Waals surface area contributed by atoms with Crippen LogP contribution in [0.5, 0.6) is 0 Å². The van der Waals surface area contributed by atoms with Gasteiger partial charge in [0.2, 0.25) is 0 Å². The van der Waals surface area contributed by atoms with Gasteiger partial charge >= 0.3 is 0 Å². The third-order valence-corrected chi connectivity index (χ3v) is 2.78. The number of hydrogen-bond acceptors (Lipinski definition) is 3. The van der Waals surface area contributed by atoms with Gasteiger partial charge in [-0.3, -0.25) is 0 Å². The van der Waals surface area contributed by atoms with Crippen molar-refractivity contribution in [3.05, 3.63) is 0 Å². The monoisotopic (exact) mass is 188 g/mol. The molecule has 1 aliphatic heterocycles. The second-order valence-corrected chi connectivity index (χ2v) is 4.76. The molecule has 3 nitrogen and oxygen atoms in total. The minimum atomic E-state index is -0.886. The number of ether oxygens (including phenoxy) is 1. The fraction of sp³-hybridized carbons (Fsp3) is 1.00. The highest BCUT2D eigenvalue weighted by Crippen LogP contribution is 2.32. The molecule has 0 spiro atoms. The molecule has 2 N–H and O–H groups in total. The molecule has 0 radical (unpaired) electrons. The summed E-state index contributed by atoms with van der Waals surface area (Å²) < 4.78 is 5.66. The Bertz CT molecular complexity index is 175. The van der Waals surface area contributed by atoms with E-state index in [0.29, 0.717) is 6.42 Å². The Morgan fingerprint density at radius 1 is 1.31 bits per heavy atom. The van der Waals surface area contributed by atoms with E-state index in [4.69, 9.17) is 9.84 Å². The van der Waals surface area contributed by atoms with Gasteiger partial charge in [0.1, 0.15) is 6.10 Å². The molecular formula is C10H20O3. The Morgan fingerprint density at radius 3 is 2.46 bits per heavy atom. The highest BCUT2D eigenvalue weighted by Gasteiger charge is 2.39. The normalized spacial score (nSPS) is 39.9. The Morgan fingerprint density at radius 2 is 1.92 bits per heavy atom. The van der Waals surface area contributed by atoms with Crippen molar-refractivity contribution in [3.8, 4) is 0 Å². The zero-order valence-corrected chi connectivity index (χ0v) is 8.71. The smallest absolute Gasteiger partial charge is 0.110 e. The van der Waals surface area contributed by atoms with Crippen LogP contribution in [0.4, 0.5) is 0 Å². The van der Waals surface area contributed by atoms with Crippen LogP contribution < -0.4 is 0 Å². The molecule has 1 heterocycles. The van der Waals surface area contributed by atoms with Gasteiger partial charge in [0.05, 0.1) is 17.8 Å². The van der Waals surface area contributed by atoms with Crippen LogP contribution >= 0.6 is 0 Å². The first-order valence-corrected chi connectivity index (χ1v) is 4.88. The number of rotatable bonds is 1. The van der Waals surface area contributed by atoms with E-state index in [0.717, 1.165) is 12.8 Å². The Hall–Kier alpha value is -0.120. The van der Waals surface area contributed by atoms with Crippen LogP contribution in [0.25, 0.3) is 0 Å². The Kier molecular flexibility index (Phi) is 3.00. The second kappa shape index (κ2) is 3.56. The van der Waals surface area contributed by atoms with Crippen molar-refractivity contribution in [2.24, 2.45) is 0 Å². The van der Waals surface area contributed by atoms with Crippen molar-refractivity contribution < 1.29 is 14.9 Å². The average molecular weight is 188 g/mol. The maximum Gasteiger partial charge on any atom is 0.110 e. The lowest BCUT2D eigenvalue weighted by Gasteiger charge is -2.33. The van der Waals surface area contributed by atoms with E-state index in [1.54, 1.807) is 6.92 Å². The van der Waals surface area contributed by atoms with Crippen LogP contribution in [0, 0.1) is 0 Å². The molecule has 1 fully saturated rings. The van der Waals surface area contributed by atoms with Crippen LogP contribution in [0.15, 0.2) is 0 Å². The predicted molar refractivity (Wildman–Crippen MR) is 50.5 cm³/mol. The second-order valence-electron chi connectivity index (χ2n) is 4.76. The molecule has 1 aliphatic rings. The highest BCUT2D eigenvalue weighted by molar-refractivity contribution is 4.89. The topological polar surface area (TPSA) is 49.7 Å². The van der Waals surface area contributed by atoms with Crippen molar-refractivity contribution >= 4 is 0 Å². The molecule has 0 amide bonds. The van der Waals surface area contributed by atoms with Crippen molar-refractivity contribution in [3.63, 3.8) is 0 Å². The predicted octanol–water partition coefficient (Wildman–Crippen LogP) is 1.08. The molecule has 0 bridgehead atoms. The van der Waals surface area contributed by atoms with Gasteiger partial charge in [-0.2, -0.15) is 0 Å². The molecule has 0 aromatic carbocycles. The van der Waals surface area contributed by atoms with Crippen LogP contribution in [0.3, 0.4) is 0 Å². The largest absolute Gasteiger partial charge is 0.394 e. The quantitative estimate of drug-likeness (QED) is 0.647. The molecular weight excluding hydrogens is 168 g/mol. The van der Waals surface area contributed by atoms with E-state index >= 15 is 0 Å². The third-order valence-electron chi connectivity index (χ3n) is 2.78. The number of aliphatic hydroxyl groups is 2. The van der Waals surface area contributed by atoms with E-state index in [2.05, 4.69) is 0 Å². The van der Waals surface area contributed by atoms with Crippen molar-refractivity contribution in [1.29, 1.82) is 0 Å². The molecule has 0 aromatic heterocycles. The summed E-state index contributed by atoms with van der Waals surface area (Å²) in [6, 6.07) is 0. The van der Waals surface area contributed by atoms with Gasteiger partial charge in [-0.1, -0.05) is 0 Å². The van der Waals surface area contributed by atoms with Crippen molar-refractivity contribution in [2.45, 2.75) is 57.3 Å². The van der Waals surface area contributed by atoms with Crippen LogP contribution in [-0.4, -0.2) is 34.1 Å². The lowest BCUT2D eigenvalue weighted by atomic mass is 9.93. The first-order valence-electron chi connectivity index (χ1n) is 4.88. The maximum atomic E-state index is 9.96. The summed E-state index contributed by atoms with van der Waals surface area (Å²) in [5.41, 5.74) is -1.11. The molecule has 2 unspecified atom stereocenters. The maximum absolute atomic E-state index is 9.96. The summed E-state index contributed by atoms with van der Waals surface area (Å²) in [6.07, 6.45) is 2.11. The average Bonchev–Trinajstić information content (AvgIpc) is 2.07. The van der Waals surface area contributed by atoms with Crippen LogP contribution in [0.1, 0.15) is 40.0 Å². The van der Waals surface area contributed by atoms with Gasteiger partial charge in [0.15, 0.2) is 0 Å². The molecule has 0 saturated carbocycles. The minimum absolute atomic E-state index is 0.115. The summed E-state index contributed by atoms with van der Waals surface area (Å²) in [5.74, 6) is 0. The van der Waals surface area contributed by atoms with E-state index in [9.17, 15) is 5.11 Å². The molecule has 1 rings (SSSR count). The van der Waals surface area contributed by atoms with E-state index < -0.39 is 11.7 Å². The standard InChI is InChI=1S/C10H20O3/c1-9(2)5-4-6-10(3,12)8(7-11)13-9/h8,11-12H,4-7H2,1-3H3. The lowest BCUT2D eigenvalue weighted by Crippen LogP contribution is -2.45. The number of aliphatic hydroxyl groups excluding tert-OH is 1. The van der Waals surface area contributed by atoms with Crippen molar-refractivity contribution in [1.82, 2.24) is 0 Å². The van der Waals surface area contributed by atoms with E-state index in [1.165, 1.54) is 0 Å². The first-order chi connectivity index (χ1) is 5.87. The Balaban J connectivity index is 2.74. The molecule has 13 heavy (non-hydrogen) atoms. The van der Waals surface area contributed by atoms with Gasteiger partial charge in [0, 0.05) is 0 Å². The minimum Gasteiger partial charge on any atom is -0.394 e. The summed E-state index contributed by atoms with van der Waals surface area (Å²) in [4.78, 5) is 0. The highest BCUT2D eigenvalue weighted by atomic mass is 16.5. The van der Waals surface area contributed by atoms with E-state index in [-0.39, 0.29) is 12.2 Å². The van der Waals surface area contributed by atoms with Gasteiger partial charge in [-0.25, -0.2) is 0 Å². The van der Waals surface area contributed by atoms with Crippen LogP contribution in [0.2, 0.25) is 0 Å². The summed E-state index contributed by atoms with van der Waals surface area (Å²) in [7, 11) is 0. The molecule has 2 atom stereocenters. The third kappa shape index (κ3) is 2.66. The molecule has 1 saturated heterocycles. The molecule has 0 aromatic rings. The number of hydrogen-bond donors (Lipinski definition) is 2. The van der Waals surface area contributed by atoms with Crippen LogP contribution in [-0.2, 0) is 4.74 Å². The van der Waals surface area contributed by atoms with Gasteiger partial charge in [-0.05, 0) is 40.0 Å². The molecule has 3 heteroatoms. The zero-order chi connectivity index (χ0) is 10.1. The van der Waals surface area contributed by atoms with E-state index in [1.807, 2.05) is 13.8 Å². The molecule has 0 aliphatic carbocycles. The van der Waals surface area contributed by atoms with Gasteiger partial charge in [0.25, 0.3) is 0 Å². The SMILES string of the molecule is CC1(C)CCCC(C)(O)C(CO)O1. The van der Waals surface area contributed by atoms with Gasteiger partial charge < -0.3 is 14.9 Å². The molecule has 78 valence electrons. The fourth-order valence-electron chi connectivity index (χ4n) is 1.84. The summed E-state index contributed by atoms with van der Waals surface area (Å²) in [5, 5.41) is 19.1.